The Bertz CT molecular complexity index is 1120. The highest BCUT2D eigenvalue weighted by molar-refractivity contribution is 7.18. The van der Waals surface area contributed by atoms with Gasteiger partial charge in [0.1, 0.15) is 4.83 Å². The lowest BCUT2D eigenvalue weighted by molar-refractivity contribution is 0.0714. The first-order valence-corrected chi connectivity index (χ1v) is 11.6. The lowest BCUT2D eigenvalue weighted by Gasteiger charge is -2.35. The molecule has 0 aromatic carbocycles. The van der Waals surface area contributed by atoms with Gasteiger partial charge in [0.2, 0.25) is 5.95 Å². The molecule has 0 spiro atoms. The topological polar surface area (TPSA) is 71.6 Å². The van der Waals surface area contributed by atoms with Crippen molar-refractivity contribution in [1.29, 1.82) is 0 Å². The number of fused-ring (bicyclic) bond motifs is 3. The third-order valence-corrected chi connectivity index (χ3v) is 7.27. The zero-order valence-corrected chi connectivity index (χ0v) is 18.0. The second-order valence-electron chi connectivity index (χ2n) is 8.02. The molecule has 4 heterocycles. The van der Waals surface area contributed by atoms with E-state index in [0.717, 1.165) is 41.8 Å². The summed E-state index contributed by atoms with van der Waals surface area (Å²) in [7, 11) is 0. The highest BCUT2D eigenvalue weighted by Gasteiger charge is 2.28. The highest BCUT2D eigenvalue weighted by Crippen LogP contribution is 2.34. The molecule has 158 valence electrons. The van der Waals surface area contributed by atoms with E-state index >= 15 is 0 Å². The molecular formula is C22H26N4O3S. The normalized spacial score (nSPS) is 16.8. The van der Waals surface area contributed by atoms with Gasteiger partial charge in [-0.3, -0.25) is 14.2 Å². The maximum atomic E-state index is 13.5. The van der Waals surface area contributed by atoms with Crippen molar-refractivity contribution in [3.63, 3.8) is 0 Å². The van der Waals surface area contributed by atoms with Crippen LogP contribution < -0.4 is 10.5 Å². The molecule has 1 aliphatic heterocycles. The lowest BCUT2D eigenvalue weighted by Crippen LogP contribution is -2.50. The van der Waals surface area contributed by atoms with E-state index in [-0.39, 0.29) is 11.5 Å². The lowest BCUT2D eigenvalue weighted by atomic mass is 9.97. The van der Waals surface area contributed by atoms with E-state index in [1.54, 1.807) is 28.4 Å². The summed E-state index contributed by atoms with van der Waals surface area (Å²) >= 11 is 1.69. The summed E-state index contributed by atoms with van der Waals surface area (Å²) in [6, 6.07) is 3.42. The third-order valence-electron chi connectivity index (χ3n) is 6.08. The predicted octanol–water partition coefficient (Wildman–Crippen LogP) is 3.30. The number of rotatable bonds is 4. The first-order chi connectivity index (χ1) is 14.7. The molecule has 1 saturated heterocycles. The summed E-state index contributed by atoms with van der Waals surface area (Å²) in [5, 5.41) is 0.846. The number of hydrogen-bond donors (Lipinski definition) is 0. The van der Waals surface area contributed by atoms with Crippen LogP contribution in [0.5, 0.6) is 0 Å². The average Bonchev–Trinajstić information content (AvgIpc) is 3.43. The van der Waals surface area contributed by atoms with Crippen LogP contribution in [0.4, 0.5) is 5.95 Å². The van der Waals surface area contributed by atoms with Gasteiger partial charge < -0.3 is 14.2 Å². The van der Waals surface area contributed by atoms with E-state index in [0.29, 0.717) is 38.5 Å². The van der Waals surface area contributed by atoms with Crippen molar-refractivity contribution in [3.8, 4) is 0 Å². The molecule has 0 saturated carbocycles. The van der Waals surface area contributed by atoms with Crippen molar-refractivity contribution in [2.45, 2.75) is 45.6 Å². The van der Waals surface area contributed by atoms with Crippen molar-refractivity contribution in [2.24, 2.45) is 0 Å². The zero-order valence-electron chi connectivity index (χ0n) is 17.2. The maximum Gasteiger partial charge on any atom is 0.289 e. The van der Waals surface area contributed by atoms with Gasteiger partial charge in [0.15, 0.2) is 5.76 Å². The molecule has 0 bridgehead atoms. The Morgan fingerprint density at radius 2 is 2.00 bits per heavy atom. The van der Waals surface area contributed by atoms with Gasteiger partial charge in [-0.15, -0.1) is 11.3 Å². The van der Waals surface area contributed by atoms with Crippen LogP contribution >= 0.6 is 11.3 Å². The van der Waals surface area contributed by atoms with Crippen molar-refractivity contribution in [2.75, 3.05) is 31.1 Å². The fraction of sp³-hybridized carbons (Fsp3) is 0.500. The van der Waals surface area contributed by atoms with Gasteiger partial charge in [0.05, 0.1) is 11.6 Å². The molecular weight excluding hydrogens is 400 g/mol. The Labute approximate surface area is 178 Å². The Morgan fingerprint density at radius 1 is 1.20 bits per heavy atom. The number of carbonyl (C=O) groups is 1. The summed E-state index contributed by atoms with van der Waals surface area (Å²) < 4.78 is 7.11. The summed E-state index contributed by atoms with van der Waals surface area (Å²) in [6.07, 6.45) is 6.80. The van der Waals surface area contributed by atoms with Gasteiger partial charge in [-0.1, -0.05) is 6.92 Å². The maximum absolute atomic E-state index is 13.5. The molecule has 5 rings (SSSR count). The summed E-state index contributed by atoms with van der Waals surface area (Å²) in [6.45, 7) is 5.22. The summed E-state index contributed by atoms with van der Waals surface area (Å²) in [4.78, 5) is 37.2. The van der Waals surface area contributed by atoms with Crippen LogP contribution in [-0.2, 0) is 19.4 Å². The fourth-order valence-corrected chi connectivity index (χ4v) is 5.81. The van der Waals surface area contributed by atoms with Crippen molar-refractivity contribution in [1.82, 2.24) is 14.5 Å². The molecule has 0 N–H and O–H groups in total. The zero-order chi connectivity index (χ0) is 20.7. The van der Waals surface area contributed by atoms with Crippen LogP contribution in [-0.4, -0.2) is 46.5 Å². The number of furan rings is 1. The first-order valence-electron chi connectivity index (χ1n) is 10.8. The molecule has 3 aromatic heterocycles. The first kappa shape index (κ1) is 19.4. The van der Waals surface area contributed by atoms with Crippen molar-refractivity contribution in [3.05, 3.63) is 45.0 Å². The van der Waals surface area contributed by atoms with E-state index in [2.05, 4.69) is 11.8 Å². The van der Waals surface area contributed by atoms with Crippen LogP contribution in [0.1, 0.15) is 47.2 Å². The number of aryl methyl sites for hydroxylation is 2. The Morgan fingerprint density at radius 3 is 2.73 bits per heavy atom. The highest BCUT2D eigenvalue weighted by atomic mass is 32.1. The van der Waals surface area contributed by atoms with E-state index in [4.69, 9.17) is 9.40 Å². The van der Waals surface area contributed by atoms with E-state index in [1.165, 1.54) is 23.1 Å². The number of hydrogen-bond acceptors (Lipinski definition) is 6. The number of amides is 1. The minimum Gasteiger partial charge on any atom is -0.459 e. The molecule has 1 aliphatic carbocycles. The second kappa shape index (κ2) is 7.91. The van der Waals surface area contributed by atoms with Crippen molar-refractivity contribution >= 4 is 33.4 Å². The fourth-order valence-electron chi connectivity index (χ4n) is 4.56. The van der Waals surface area contributed by atoms with Gasteiger partial charge in [-0.05, 0) is 49.8 Å². The van der Waals surface area contributed by atoms with Crippen LogP contribution in [0.3, 0.4) is 0 Å². The molecule has 7 nitrogen and oxygen atoms in total. The number of piperazine rings is 1. The predicted molar refractivity (Wildman–Crippen MR) is 118 cm³/mol. The standard InChI is InChI=1S/C22H26N4O3S/c1-2-9-26-21(28)18-15-6-3-4-8-17(15)30-19(18)23-22(26)25-12-10-24(11-13-25)20(27)16-7-5-14-29-16/h5,7,14H,2-4,6,8-13H2,1H3. The Hall–Kier alpha value is -2.61. The molecule has 0 unspecified atom stereocenters. The van der Waals surface area contributed by atoms with Crippen LogP contribution in [0.15, 0.2) is 27.6 Å². The molecule has 2 aliphatic rings. The Kier molecular flexibility index (Phi) is 5.10. The number of thiophene rings is 1. The molecule has 30 heavy (non-hydrogen) atoms. The minimum atomic E-state index is -0.0834. The van der Waals surface area contributed by atoms with Crippen molar-refractivity contribution < 1.29 is 9.21 Å². The average molecular weight is 427 g/mol. The summed E-state index contributed by atoms with van der Waals surface area (Å²) in [5.41, 5.74) is 1.34. The molecule has 1 amide bonds. The van der Waals surface area contributed by atoms with Gasteiger partial charge >= 0.3 is 0 Å². The number of anilines is 1. The molecule has 0 atom stereocenters. The van der Waals surface area contributed by atoms with Crippen LogP contribution in [0.2, 0.25) is 0 Å². The van der Waals surface area contributed by atoms with Gasteiger partial charge in [0, 0.05) is 37.6 Å². The Balaban J connectivity index is 1.46. The monoisotopic (exact) mass is 426 g/mol. The van der Waals surface area contributed by atoms with Gasteiger partial charge in [0.25, 0.3) is 11.5 Å². The van der Waals surface area contributed by atoms with E-state index in [9.17, 15) is 9.59 Å². The van der Waals surface area contributed by atoms with Crippen LogP contribution in [0.25, 0.3) is 10.2 Å². The number of nitrogens with zero attached hydrogens (tertiary/aromatic N) is 4. The largest absolute Gasteiger partial charge is 0.459 e. The van der Waals surface area contributed by atoms with Crippen LogP contribution in [0, 0.1) is 0 Å². The van der Waals surface area contributed by atoms with Gasteiger partial charge in [-0.2, -0.15) is 0 Å². The number of aromatic nitrogens is 2. The molecule has 8 heteroatoms. The minimum absolute atomic E-state index is 0.0834. The quantitative estimate of drug-likeness (QED) is 0.640. The molecule has 1 fully saturated rings. The molecule has 3 aromatic rings. The molecule has 0 radical (unpaired) electrons. The summed E-state index contributed by atoms with van der Waals surface area (Å²) in [5.74, 6) is 1.04. The second-order valence-corrected chi connectivity index (χ2v) is 9.10. The third kappa shape index (κ3) is 3.23. The van der Waals surface area contributed by atoms with Gasteiger partial charge in [-0.25, -0.2) is 4.98 Å². The number of carbonyl (C=O) groups excluding carboxylic acids is 1. The SMILES string of the molecule is CCCn1c(N2CCN(C(=O)c3ccco3)CC2)nc2sc3c(c2c1=O)CCCC3. The smallest absolute Gasteiger partial charge is 0.289 e. The van der Waals surface area contributed by atoms with E-state index in [1.807, 2.05) is 4.57 Å². The van der Waals surface area contributed by atoms with E-state index < -0.39 is 0 Å².